The van der Waals surface area contributed by atoms with Crippen molar-refractivity contribution in [2.24, 2.45) is 5.92 Å². The van der Waals surface area contributed by atoms with E-state index in [1.54, 1.807) is 0 Å². The minimum Gasteiger partial charge on any atom is -0.378 e. The van der Waals surface area contributed by atoms with Gasteiger partial charge < -0.3 is 10.2 Å². The molecule has 1 N–H and O–H groups in total. The second-order valence-corrected chi connectivity index (χ2v) is 8.83. The third-order valence-corrected chi connectivity index (χ3v) is 6.55. The molecule has 1 heterocycles. The molecule has 0 saturated carbocycles. The Labute approximate surface area is 186 Å². The quantitative estimate of drug-likeness (QED) is 0.487. The van der Waals surface area contributed by atoms with E-state index in [0.717, 1.165) is 23.4 Å². The second-order valence-electron chi connectivity index (χ2n) is 8.83. The predicted molar refractivity (Wildman–Crippen MR) is 130 cm³/mol. The minimum atomic E-state index is 0.0830. The highest BCUT2D eigenvalue weighted by atomic mass is 16.2. The number of carbonyl (C=O) groups excluding carboxylic acids is 1. The first-order chi connectivity index (χ1) is 15.0. The molecule has 0 radical (unpaired) electrons. The largest absolute Gasteiger partial charge is 0.378 e. The third-order valence-electron chi connectivity index (χ3n) is 6.55. The number of nitrogens with zero attached hydrogens (tertiary/aromatic N) is 1. The summed E-state index contributed by atoms with van der Waals surface area (Å²) in [7, 11) is 0. The Morgan fingerprint density at radius 2 is 1.58 bits per heavy atom. The van der Waals surface area contributed by atoms with E-state index in [9.17, 15) is 4.79 Å². The van der Waals surface area contributed by atoms with Gasteiger partial charge >= 0.3 is 0 Å². The molecule has 1 aliphatic rings. The van der Waals surface area contributed by atoms with E-state index >= 15 is 0 Å². The van der Waals surface area contributed by atoms with Crippen LogP contribution in [-0.2, 0) is 0 Å². The number of anilines is 2. The van der Waals surface area contributed by atoms with Crippen LogP contribution in [0.25, 0.3) is 0 Å². The highest BCUT2D eigenvalue weighted by Crippen LogP contribution is 2.44. The standard InChI is InChI=1S/C28H32N2O/c1-5-25-20(4)27(29-23-11-7-6-8-12-23)24-13-9-10-14-26(24)30(25)28(31)22-17-15-21(16-18-22)19(2)3/h6-20,25,27,29H,5H2,1-4H3. The van der Waals surface area contributed by atoms with E-state index in [2.05, 4.69) is 87.6 Å². The van der Waals surface area contributed by atoms with Crippen LogP contribution in [0.15, 0.2) is 78.9 Å². The van der Waals surface area contributed by atoms with Crippen molar-refractivity contribution in [3.63, 3.8) is 0 Å². The molecule has 4 rings (SSSR count). The normalized spacial score (nSPS) is 20.4. The summed E-state index contributed by atoms with van der Waals surface area (Å²) < 4.78 is 0. The monoisotopic (exact) mass is 412 g/mol. The van der Waals surface area contributed by atoms with Crippen molar-refractivity contribution in [2.45, 2.75) is 52.1 Å². The van der Waals surface area contributed by atoms with Crippen molar-refractivity contribution in [3.8, 4) is 0 Å². The number of carbonyl (C=O) groups is 1. The van der Waals surface area contributed by atoms with Crippen molar-refractivity contribution < 1.29 is 4.79 Å². The Kier molecular flexibility index (Phi) is 6.13. The first kappa shape index (κ1) is 21.2. The summed E-state index contributed by atoms with van der Waals surface area (Å²) in [6, 6.07) is 27.1. The average molecular weight is 413 g/mol. The van der Waals surface area contributed by atoms with Gasteiger partial charge in [-0.1, -0.05) is 76.2 Å². The van der Waals surface area contributed by atoms with Crippen LogP contribution >= 0.6 is 0 Å². The fourth-order valence-corrected chi connectivity index (χ4v) is 4.78. The van der Waals surface area contributed by atoms with Crippen LogP contribution in [0.1, 0.15) is 67.6 Å². The molecule has 3 aromatic carbocycles. The van der Waals surface area contributed by atoms with Crippen LogP contribution < -0.4 is 10.2 Å². The molecular weight excluding hydrogens is 380 g/mol. The second kappa shape index (κ2) is 8.97. The molecule has 0 saturated heterocycles. The fourth-order valence-electron chi connectivity index (χ4n) is 4.78. The van der Waals surface area contributed by atoms with E-state index in [-0.39, 0.29) is 23.9 Å². The highest BCUT2D eigenvalue weighted by Gasteiger charge is 2.40. The molecule has 0 bridgehead atoms. The summed E-state index contributed by atoms with van der Waals surface area (Å²) in [5, 5.41) is 3.73. The van der Waals surface area contributed by atoms with Crippen molar-refractivity contribution in [3.05, 3.63) is 95.6 Å². The average Bonchev–Trinajstić information content (AvgIpc) is 2.80. The lowest BCUT2D eigenvalue weighted by molar-refractivity contribution is 0.0960. The van der Waals surface area contributed by atoms with Gasteiger partial charge in [-0.25, -0.2) is 0 Å². The van der Waals surface area contributed by atoms with E-state index in [1.807, 2.05) is 29.2 Å². The Bertz CT molecular complexity index is 1030. The Hall–Kier alpha value is -3.07. The number of hydrogen-bond acceptors (Lipinski definition) is 2. The van der Waals surface area contributed by atoms with Crippen LogP contribution in [0, 0.1) is 5.92 Å². The van der Waals surface area contributed by atoms with Crippen molar-refractivity contribution in [2.75, 3.05) is 10.2 Å². The Morgan fingerprint density at radius 1 is 0.935 bits per heavy atom. The van der Waals surface area contributed by atoms with Crippen molar-refractivity contribution in [1.29, 1.82) is 0 Å². The number of rotatable bonds is 5. The van der Waals surface area contributed by atoms with Gasteiger partial charge in [0.15, 0.2) is 0 Å². The van der Waals surface area contributed by atoms with Crippen LogP contribution in [0.3, 0.4) is 0 Å². The lowest BCUT2D eigenvalue weighted by Crippen LogP contribution is -2.50. The molecule has 3 aromatic rings. The van der Waals surface area contributed by atoms with Gasteiger partial charge in [-0.2, -0.15) is 0 Å². The molecule has 0 aromatic heterocycles. The first-order valence-electron chi connectivity index (χ1n) is 11.3. The van der Waals surface area contributed by atoms with Gasteiger partial charge in [0.05, 0.1) is 6.04 Å². The van der Waals surface area contributed by atoms with Gasteiger partial charge in [-0.15, -0.1) is 0 Å². The van der Waals surface area contributed by atoms with E-state index in [4.69, 9.17) is 0 Å². The van der Waals surface area contributed by atoms with Crippen molar-refractivity contribution >= 4 is 17.3 Å². The van der Waals surface area contributed by atoms with Gasteiger partial charge in [0.2, 0.25) is 0 Å². The SMILES string of the molecule is CCC1C(C)C(Nc2ccccc2)c2ccccc2N1C(=O)c1ccc(C(C)C)cc1. The number of benzene rings is 3. The van der Waals surface area contributed by atoms with E-state index < -0.39 is 0 Å². The molecule has 0 aliphatic carbocycles. The molecule has 3 unspecified atom stereocenters. The summed E-state index contributed by atoms with van der Waals surface area (Å²) in [4.78, 5) is 15.8. The zero-order chi connectivity index (χ0) is 22.0. The summed E-state index contributed by atoms with van der Waals surface area (Å²) in [5.41, 5.74) is 5.30. The van der Waals surface area contributed by atoms with Crippen LogP contribution in [0.2, 0.25) is 0 Å². The molecule has 3 atom stereocenters. The van der Waals surface area contributed by atoms with E-state index in [0.29, 0.717) is 5.92 Å². The molecule has 3 heteroatoms. The predicted octanol–water partition coefficient (Wildman–Crippen LogP) is 7.04. The van der Waals surface area contributed by atoms with Crippen LogP contribution in [0.4, 0.5) is 11.4 Å². The topological polar surface area (TPSA) is 32.3 Å². The molecule has 3 nitrogen and oxygen atoms in total. The molecule has 31 heavy (non-hydrogen) atoms. The van der Waals surface area contributed by atoms with Crippen LogP contribution in [-0.4, -0.2) is 11.9 Å². The van der Waals surface area contributed by atoms with Gasteiger partial charge in [-0.05, 0) is 53.8 Å². The molecule has 0 spiro atoms. The molecule has 1 aliphatic heterocycles. The number of fused-ring (bicyclic) bond motifs is 1. The zero-order valence-corrected chi connectivity index (χ0v) is 18.9. The lowest BCUT2D eigenvalue weighted by atomic mass is 9.80. The number of hydrogen-bond donors (Lipinski definition) is 1. The molecule has 160 valence electrons. The molecule has 1 amide bonds. The maximum absolute atomic E-state index is 13.7. The van der Waals surface area contributed by atoms with Gasteiger partial charge in [0.1, 0.15) is 0 Å². The maximum Gasteiger partial charge on any atom is 0.258 e. The molecular formula is C28H32N2O. The number of nitrogens with one attached hydrogen (secondary N) is 1. The summed E-state index contributed by atoms with van der Waals surface area (Å²) >= 11 is 0. The fraction of sp³-hybridized carbons (Fsp3) is 0.321. The smallest absolute Gasteiger partial charge is 0.258 e. The van der Waals surface area contributed by atoms with E-state index in [1.165, 1.54) is 11.1 Å². The van der Waals surface area contributed by atoms with Crippen LogP contribution in [0.5, 0.6) is 0 Å². The number of amides is 1. The summed E-state index contributed by atoms with van der Waals surface area (Å²) in [5.74, 6) is 0.798. The first-order valence-corrected chi connectivity index (χ1v) is 11.3. The highest BCUT2D eigenvalue weighted by molar-refractivity contribution is 6.07. The maximum atomic E-state index is 13.7. The Morgan fingerprint density at radius 3 is 2.23 bits per heavy atom. The summed E-state index contributed by atoms with van der Waals surface area (Å²) in [6.45, 7) is 8.78. The van der Waals surface area contributed by atoms with Gasteiger partial charge in [0, 0.05) is 28.9 Å². The van der Waals surface area contributed by atoms with Gasteiger partial charge in [-0.3, -0.25) is 4.79 Å². The van der Waals surface area contributed by atoms with Gasteiger partial charge in [0.25, 0.3) is 5.91 Å². The Balaban J connectivity index is 1.73. The zero-order valence-electron chi connectivity index (χ0n) is 18.9. The minimum absolute atomic E-state index is 0.0830. The molecule has 0 fully saturated rings. The van der Waals surface area contributed by atoms with Crippen molar-refractivity contribution in [1.82, 2.24) is 0 Å². The summed E-state index contributed by atoms with van der Waals surface area (Å²) in [6.07, 6.45) is 0.901. The third kappa shape index (κ3) is 4.10. The lowest BCUT2D eigenvalue weighted by Gasteiger charge is -2.45. The number of para-hydroxylation sites is 2.